The maximum atomic E-state index is 12.1. The van der Waals surface area contributed by atoms with Gasteiger partial charge in [0.15, 0.2) is 0 Å². The van der Waals surface area contributed by atoms with Crippen LogP contribution in [0.15, 0.2) is 12.1 Å². The summed E-state index contributed by atoms with van der Waals surface area (Å²) in [5.74, 6) is -0.470. The van der Waals surface area contributed by atoms with Gasteiger partial charge in [0.05, 0.1) is 11.4 Å². The highest BCUT2D eigenvalue weighted by atomic mass is 35.5. The number of phenols is 1. The zero-order chi connectivity index (χ0) is 12.5. The molecular weight excluding hydrogens is 266 g/mol. The van der Waals surface area contributed by atoms with Crippen LogP contribution in [-0.4, -0.2) is 11.3 Å². The Bertz CT molecular complexity index is 395. The monoisotopic (exact) mass is 273 g/mol. The Kier molecular flexibility index (Phi) is 3.93. The Labute approximate surface area is 99.8 Å². The number of nitrogens with two attached hydrogens (primary N) is 1. The van der Waals surface area contributed by atoms with E-state index in [0.717, 1.165) is 0 Å². The molecule has 1 aromatic carbocycles. The normalized spacial score (nSPS) is 13.9. The largest absolute Gasteiger partial charge is 0.506 e. The van der Waals surface area contributed by atoms with Crippen LogP contribution in [0.4, 0.5) is 13.2 Å². The summed E-state index contributed by atoms with van der Waals surface area (Å²) >= 11 is 11.2. The first kappa shape index (κ1) is 13.4. The van der Waals surface area contributed by atoms with Gasteiger partial charge in [-0.2, -0.15) is 13.2 Å². The summed E-state index contributed by atoms with van der Waals surface area (Å²) in [5.41, 5.74) is 5.21. The molecule has 0 heterocycles. The van der Waals surface area contributed by atoms with Crippen molar-refractivity contribution in [2.45, 2.75) is 18.6 Å². The van der Waals surface area contributed by atoms with Gasteiger partial charge in [-0.3, -0.25) is 0 Å². The molecule has 3 N–H and O–H groups in total. The summed E-state index contributed by atoms with van der Waals surface area (Å²) in [7, 11) is 0. The van der Waals surface area contributed by atoms with Crippen molar-refractivity contribution < 1.29 is 18.3 Å². The molecule has 0 aromatic heterocycles. The summed E-state index contributed by atoms with van der Waals surface area (Å²) < 4.78 is 36.3. The van der Waals surface area contributed by atoms with Gasteiger partial charge in [0.25, 0.3) is 0 Å². The number of aromatic hydroxyl groups is 1. The van der Waals surface area contributed by atoms with Crippen molar-refractivity contribution in [2.75, 3.05) is 0 Å². The standard InChI is InChI=1S/C9H8Cl2F3NO/c10-4-1-5(8(16)6(11)2-4)7(15)3-9(12,13)14/h1-2,7,16H,3,15H2/t7-/m1/s1. The van der Waals surface area contributed by atoms with E-state index in [1.165, 1.54) is 12.1 Å². The van der Waals surface area contributed by atoms with Gasteiger partial charge in [-0.15, -0.1) is 0 Å². The van der Waals surface area contributed by atoms with E-state index in [0.29, 0.717) is 0 Å². The van der Waals surface area contributed by atoms with Gasteiger partial charge in [0, 0.05) is 16.6 Å². The minimum absolute atomic E-state index is 0.116. The van der Waals surface area contributed by atoms with Gasteiger partial charge in [0.1, 0.15) is 5.75 Å². The molecule has 90 valence electrons. The van der Waals surface area contributed by atoms with Crippen molar-refractivity contribution in [3.8, 4) is 5.75 Å². The third-order valence-electron chi connectivity index (χ3n) is 1.91. The Morgan fingerprint density at radius 3 is 2.38 bits per heavy atom. The summed E-state index contributed by atoms with van der Waals surface area (Å²) in [6, 6.07) is 0.998. The van der Waals surface area contributed by atoms with E-state index < -0.39 is 24.4 Å². The number of rotatable bonds is 2. The van der Waals surface area contributed by atoms with Gasteiger partial charge in [0.2, 0.25) is 0 Å². The number of phenolic OH excluding ortho intramolecular Hbond substituents is 1. The van der Waals surface area contributed by atoms with Crippen LogP contribution in [0, 0.1) is 0 Å². The molecule has 0 aliphatic rings. The van der Waals surface area contributed by atoms with Crippen molar-refractivity contribution in [3.05, 3.63) is 27.7 Å². The van der Waals surface area contributed by atoms with Crippen molar-refractivity contribution in [1.29, 1.82) is 0 Å². The molecule has 0 unspecified atom stereocenters. The lowest BCUT2D eigenvalue weighted by atomic mass is 10.0. The maximum absolute atomic E-state index is 12.1. The predicted octanol–water partition coefficient (Wildman–Crippen LogP) is 3.65. The Morgan fingerprint density at radius 1 is 1.31 bits per heavy atom. The summed E-state index contributed by atoms with van der Waals surface area (Å²) in [6.45, 7) is 0. The van der Waals surface area contributed by atoms with E-state index >= 15 is 0 Å². The lowest BCUT2D eigenvalue weighted by Crippen LogP contribution is -2.20. The fraction of sp³-hybridized carbons (Fsp3) is 0.333. The molecule has 0 aliphatic carbocycles. The van der Waals surface area contributed by atoms with Crippen molar-refractivity contribution >= 4 is 23.2 Å². The molecule has 7 heteroatoms. The van der Waals surface area contributed by atoms with Crippen LogP contribution < -0.4 is 5.73 Å². The molecule has 0 spiro atoms. The van der Waals surface area contributed by atoms with Crippen LogP contribution in [0.1, 0.15) is 18.0 Å². The number of benzene rings is 1. The van der Waals surface area contributed by atoms with Gasteiger partial charge in [-0.1, -0.05) is 23.2 Å². The van der Waals surface area contributed by atoms with Crippen LogP contribution in [-0.2, 0) is 0 Å². The summed E-state index contributed by atoms with van der Waals surface area (Å²) in [5, 5.41) is 9.45. The van der Waals surface area contributed by atoms with Crippen LogP contribution >= 0.6 is 23.2 Å². The zero-order valence-electron chi connectivity index (χ0n) is 7.85. The number of hydrogen-bond acceptors (Lipinski definition) is 2. The molecule has 16 heavy (non-hydrogen) atoms. The second kappa shape index (κ2) is 4.69. The zero-order valence-corrected chi connectivity index (χ0v) is 9.37. The second-order valence-electron chi connectivity index (χ2n) is 3.25. The van der Waals surface area contributed by atoms with E-state index in [2.05, 4.69) is 0 Å². The molecule has 0 aliphatic heterocycles. The lowest BCUT2D eigenvalue weighted by Gasteiger charge is -2.16. The molecule has 0 fully saturated rings. The maximum Gasteiger partial charge on any atom is 0.390 e. The molecule has 0 amide bonds. The first-order valence-electron chi connectivity index (χ1n) is 4.21. The first-order chi connectivity index (χ1) is 7.20. The number of halogens is 5. The van der Waals surface area contributed by atoms with Crippen LogP contribution in [0.25, 0.3) is 0 Å². The minimum Gasteiger partial charge on any atom is -0.506 e. The van der Waals surface area contributed by atoms with Crippen LogP contribution in [0.2, 0.25) is 10.0 Å². The predicted molar refractivity (Wildman–Crippen MR) is 55.7 cm³/mol. The fourth-order valence-corrected chi connectivity index (χ4v) is 1.74. The summed E-state index contributed by atoms with van der Waals surface area (Å²) in [4.78, 5) is 0. The van der Waals surface area contributed by atoms with Crippen LogP contribution in [0.3, 0.4) is 0 Å². The van der Waals surface area contributed by atoms with E-state index in [1.807, 2.05) is 0 Å². The molecule has 2 nitrogen and oxygen atoms in total. The van der Waals surface area contributed by atoms with Crippen molar-refractivity contribution in [3.63, 3.8) is 0 Å². The highest BCUT2D eigenvalue weighted by Gasteiger charge is 2.32. The number of hydrogen-bond donors (Lipinski definition) is 2. The SMILES string of the molecule is N[C@H](CC(F)(F)F)c1cc(Cl)cc(Cl)c1O. The van der Waals surface area contributed by atoms with Crippen LogP contribution in [0.5, 0.6) is 5.75 Å². The average molecular weight is 274 g/mol. The number of alkyl halides is 3. The quantitative estimate of drug-likeness (QED) is 0.864. The van der Waals surface area contributed by atoms with Crippen molar-refractivity contribution in [1.82, 2.24) is 0 Å². The molecule has 1 aromatic rings. The lowest BCUT2D eigenvalue weighted by molar-refractivity contribution is -0.138. The fourth-order valence-electron chi connectivity index (χ4n) is 1.23. The topological polar surface area (TPSA) is 46.2 Å². The molecule has 0 radical (unpaired) electrons. The Morgan fingerprint density at radius 2 is 1.88 bits per heavy atom. The van der Waals surface area contributed by atoms with Gasteiger partial charge < -0.3 is 10.8 Å². The molecule has 0 bridgehead atoms. The molecule has 0 saturated heterocycles. The van der Waals surface area contributed by atoms with Crippen molar-refractivity contribution in [2.24, 2.45) is 5.73 Å². The average Bonchev–Trinajstić information content (AvgIpc) is 2.08. The smallest absolute Gasteiger partial charge is 0.390 e. The van der Waals surface area contributed by atoms with Gasteiger partial charge in [-0.05, 0) is 12.1 Å². The first-order valence-corrected chi connectivity index (χ1v) is 4.96. The molecule has 1 atom stereocenters. The third-order valence-corrected chi connectivity index (χ3v) is 2.41. The van der Waals surface area contributed by atoms with E-state index in [1.54, 1.807) is 0 Å². The highest BCUT2D eigenvalue weighted by Crippen LogP contribution is 2.37. The van der Waals surface area contributed by atoms with E-state index in [4.69, 9.17) is 28.9 Å². The molecule has 1 rings (SSSR count). The highest BCUT2D eigenvalue weighted by molar-refractivity contribution is 6.35. The van der Waals surface area contributed by atoms with E-state index in [-0.39, 0.29) is 15.6 Å². The molecule has 0 saturated carbocycles. The Balaban J connectivity index is 3.04. The Hall–Kier alpha value is -0.650. The van der Waals surface area contributed by atoms with E-state index in [9.17, 15) is 18.3 Å². The van der Waals surface area contributed by atoms with Gasteiger partial charge >= 0.3 is 6.18 Å². The minimum atomic E-state index is -4.42. The van der Waals surface area contributed by atoms with Gasteiger partial charge in [-0.25, -0.2) is 0 Å². The third kappa shape index (κ3) is 3.43. The second-order valence-corrected chi connectivity index (χ2v) is 4.09. The summed E-state index contributed by atoms with van der Waals surface area (Å²) in [6.07, 6.45) is -5.67. The molecular formula is C9H8Cl2F3NO.